The molecule has 0 spiro atoms. The van der Waals surface area contributed by atoms with Gasteiger partial charge in [0.1, 0.15) is 12.3 Å². The van der Waals surface area contributed by atoms with Crippen molar-refractivity contribution in [2.45, 2.75) is 26.9 Å². The average molecular weight is 303 g/mol. The molecule has 0 bridgehead atoms. The number of carbonyl (C=O) groups is 1. The van der Waals surface area contributed by atoms with Gasteiger partial charge in [-0.2, -0.15) is 0 Å². The van der Waals surface area contributed by atoms with Crippen LogP contribution in [0.25, 0.3) is 0 Å². The van der Waals surface area contributed by atoms with Crippen molar-refractivity contribution in [2.75, 3.05) is 26.2 Å². The predicted octanol–water partition coefficient (Wildman–Crippen LogP) is 0.832. The van der Waals surface area contributed by atoms with Crippen molar-refractivity contribution in [1.82, 2.24) is 24.5 Å². The van der Waals surface area contributed by atoms with E-state index in [2.05, 4.69) is 15.0 Å². The van der Waals surface area contributed by atoms with E-state index in [4.69, 9.17) is 4.52 Å². The minimum Gasteiger partial charge on any atom is -0.361 e. The Bertz CT molecular complexity index is 607. The molecule has 0 aromatic carbocycles. The summed E-state index contributed by atoms with van der Waals surface area (Å²) in [6.45, 7) is 8.39. The third-order valence-corrected chi connectivity index (χ3v) is 4.16. The molecule has 0 atom stereocenters. The number of rotatable bonds is 4. The van der Waals surface area contributed by atoms with Gasteiger partial charge in [-0.25, -0.2) is 4.98 Å². The minimum absolute atomic E-state index is 0.148. The second-order valence-corrected chi connectivity index (χ2v) is 5.69. The summed E-state index contributed by atoms with van der Waals surface area (Å²) in [7, 11) is 0. The molecular formula is C15H21N5O2. The van der Waals surface area contributed by atoms with Gasteiger partial charge in [-0.1, -0.05) is 5.16 Å². The molecule has 3 heterocycles. The summed E-state index contributed by atoms with van der Waals surface area (Å²) in [6.07, 6.45) is 5.17. The molecule has 7 nitrogen and oxygen atoms in total. The molecule has 2 aromatic heterocycles. The van der Waals surface area contributed by atoms with E-state index in [0.717, 1.165) is 49.7 Å². The van der Waals surface area contributed by atoms with Crippen molar-refractivity contribution >= 4 is 5.91 Å². The van der Waals surface area contributed by atoms with Gasteiger partial charge in [-0.05, 0) is 13.8 Å². The molecular weight excluding hydrogens is 282 g/mol. The van der Waals surface area contributed by atoms with Gasteiger partial charge in [0.05, 0.1) is 12.0 Å². The van der Waals surface area contributed by atoms with Gasteiger partial charge in [0.15, 0.2) is 0 Å². The highest BCUT2D eigenvalue weighted by atomic mass is 16.5. The maximum atomic E-state index is 12.2. The van der Waals surface area contributed by atoms with Crippen molar-refractivity contribution in [3.63, 3.8) is 0 Å². The number of aromatic nitrogens is 3. The van der Waals surface area contributed by atoms with Crippen LogP contribution in [-0.4, -0.2) is 56.6 Å². The first-order valence-corrected chi connectivity index (χ1v) is 7.51. The Morgan fingerprint density at radius 1 is 1.27 bits per heavy atom. The molecule has 1 aliphatic heterocycles. The largest absolute Gasteiger partial charge is 0.361 e. The van der Waals surface area contributed by atoms with Crippen molar-refractivity contribution in [2.24, 2.45) is 0 Å². The van der Waals surface area contributed by atoms with Gasteiger partial charge >= 0.3 is 0 Å². The molecule has 0 N–H and O–H groups in total. The first-order chi connectivity index (χ1) is 10.6. The first kappa shape index (κ1) is 14.8. The molecule has 1 fully saturated rings. The number of aryl methyl sites for hydroxylation is 2. The van der Waals surface area contributed by atoms with E-state index in [1.807, 2.05) is 24.9 Å². The Morgan fingerprint density at radius 3 is 2.64 bits per heavy atom. The molecule has 3 rings (SSSR count). The number of piperazine rings is 1. The van der Waals surface area contributed by atoms with Crippen LogP contribution in [0, 0.1) is 13.8 Å². The zero-order valence-corrected chi connectivity index (χ0v) is 13.0. The van der Waals surface area contributed by atoms with Crippen LogP contribution < -0.4 is 0 Å². The lowest BCUT2D eigenvalue weighted by Gasteiger charge is -2.34. The van der Waals surface area contributed by atoms with Crippen LogP contribution in [0.1, 0.15) is 17.0 Å². The quantitative estimate of drug-likeness (QED) is 0.837. The molecule has 0 aliphatic carbocycles. The third-order valence-electron chi connectivity index (χ3n) is 4.16. The fraction of sp³-hybridized carbons (Fsp3) is 0.533. The fourth-order valence-electron chi connectivity index (χ4n) is 2.74. The summed E-state index contributed by atoms with van der Waals surface area (Å²) >= 11 is 0. The van der Waals surface area contributed by atoms with Crippen molar-refractivity contribution in [1.29, 1.82) is 0 Å². The van der Waals surface area contributed by atoms with E-state index >= 15 is 0 Å². The van der Waals surface area contributed by atoms with Gasteiger partial charge < -0.3 is 14.0 Å². The topological polar surface area (TPSA) is 67.4 Å². The smallest absolute Gasteiger partial charge is 0.242 e. The van der Waals surface area contributed by atoms with Gasteiger partial charge in [-0.15, -0.1) is 0 Å². The highest BCUT2D eigenvalue weighted by Crippen LogP contribution is 2.16. The average Bonchev–Trinajstić information content (AvgIpc) is 3.13. The van der Waals surface area contributed by atoms with Crippen LogP contribution in [0.2, 0.25) is 0 Å². The SMILES string of the molecule is Cc1noc(C)c1CN1CCN(C(=O)Cn2ccnc2)CC1. The molecule has 2 aromatic rings. The first-order valence-electron chi connectivity index (χ1n) is 7.51. The van der Waals surface area contributed by atoms with E-state index in [9.17, 15) is 4.79 Å². The summed E-state index contributed by atoms with van der Waals surface area (Å²) in [5.41, 5.74) is 2.12. The number of amides is 1. The van der Waals surface area contributed by atoms with E-state index in [1.165, 1.54) is 0 Å². The number of carbonyl (C=O) groups excluding carboxylic acids is 1. The molecule has 1 aliphatic rings. The molecule has 0 saturated carbocycles. The minimum atomic E-state index is 0.148. The van der Waals surface area contributed by atoms with Crippen molar-refractivity contribution in [3.05, 3.63) is 35.7 Å². The lowest BCUT2D eigenvalue weighted by molar-refractivity contribution is -0.133. The lowest BCUT2D eigenvalue weighted by Crippen LogP contribution is -2.49. The van der Waals surface area contributed by atoms with Crippen LogP contribution >= 0.6 is 0 Å². The van der Waals surface area contributed by atoms with Gasteiger partial charge in [-0.3, -0.25) is 9.69 Å². The molecule has 0 unspecified atom stereocenters. The van der Waals surface area contributed by atoms with Crippen LogP contribution in [0.5, 0.6) is 0 Å². The molecule has 118 valence electrons. The van der Waals surface area contributed by atoms with Crippen LogP contribution in [0.3, 0.4) is 0 Å². The molecule has 7 heteroatoms. The lowest BCUT2D eigenvalue weighted by atomic mass is 10.2. The van der Waals surface area contributed by atoms with E-state index in [-0.39, 0.29) is 5.91 Å². The highest BCUT2D eigenvalue weighted by molar-refractivity contribution is 5.76. The Morgan fingerprint density at radius 2 is 2.05 bits per heavy atom. The zero-order valence-electron chi connectivity index (χ0n) is 13.0. The second kappa shape index (κ2) is 6.31. The van der Waals surface area contributed by atoms with Crippen LogP contribution in [0.15, 0.2) is 23.2 Å². The Labute approximate surface area is 129 Å². The van der Waals surface area contributed by atoms with Crippen LogP contribution in [-0.2, 0) is 17.9 Å². The Kier molecular flexibility index (Phi) is 4.24. The highest BCUT2D eigenvalue weighted by Gasteiger charge is 2.22. The molecule has 1 amide bonds. The van der Waals surface area contributed by atoms with Crippen molar-refractivity contribution < 1.29 is 9.32 Å². The van der Waals surface area contributed by atoms with E-state index in [1.54, 1.807) is 17.1 Å². The number of hydrogen-bond acceptors (Lipinski definition) is 5. The summed E-state index contributed by atoms with van der Waals surface area (Å²) in [5, 5.41) is 3.99. The van der Waals surface area contributed by atoms with Gasteiger partial charge in [0.2, 0.25) is 5.91 Å². The van der Waals surface area contributed by atoms with E-state index < -0.39 is 0 Å². The standard InChI is InChI=1S/C15H21N5O2/c1-12-14(13(2)22-17-12)9-18-5-7-20(8-6-18)15(21)10-19-4-3-16-11-19/h3-4,11H,5-10H2,1-2H3. The number of hydrogen-bond donors (Lipinski definition) is 0. The maximum Gasteiger partial charge on any atom is 0.242 e. The normalized spacial score (nSPS) is 16.2. The summed E-state index contributed by atoms with van der Waals surface area (Å²) in [5.74, 6) is 1.03. The third kappa shape index (κ3) is 3.19. The summed E-state index contributed by atoms with van der Waals surface area (Å²) in [6, 6.07) is 0. The zero-order chi connectivity index (χ0) is 15.5. The van der Waals surface area contributed by atoms with E-state index in [0.29, 0.717) is 6.54 Å². The maximum absolute atomic E-state index is 12.2. The Balaban J connectivity index is 1.51. The second-order valence-electron chi connectivity index (χ2n) is 5.69. The molecule has 0 radical (unpaired) electrons. The molecule has 22 heavy (non-hydrogen) atoms. The predicted molar refractivity (Wildman–Crippen MR) is 80.1 cm³/mol. The Hall–Kier alpha value is -2.15. The van der Waals surface area contributed by atoms with Crippen LogP contribution in [0.4, 0.5) is 0 Å². The number of imidazole rings is 1. The van der Waals surface area contributed by atoms with Gasteiger partial charge in [0.25, 0.3) is 0 Å². The molecule has 1 saturated heterocycles. The number of nitrogens with zero attached hydrogens (tertiary/aromatic N) is 5. The van der Waals surface area contributed by atoms with Gasteiger partial charge in [0, 0.05) is 50.7 Å². The monoisotopic (exact) mass is 303 g/mol. The summed E-state index contributed by atoms with van der Waals surface area (Å²) in [4.78, 5) is 20.5. The fourth-order valence-corrected chi connectivity index (χ4v) is 2.74. The summed E-state index contributed by atoms with van der Waals surface area (Å²) < 4.78 is 7.01. The van der Waals surface area contributed by atoms with Crippen molar-refractivity contribution in [3.8, 4) is 0 Å².